The van der Waals surface area contributed by atoms with E-state index in [0.29, 0.717) is 5.69 Å². The zero-order chi connectivity index (χ0) is 19.5. The van der Waals surface area contributed by atoms with E-state index in [-0.39, 0.29) is 10.5 Å². The molecule has 0 aromatic heterocycles. The minimum atomic E-state index is -3.60. The van der Waals surface area contributed by atoms with E-state index in [4.69, 9.17) is 4.74 Å². The average molecular weight is 375 g/mol. The van der Waals surface area contributed by atoms with Crippen molar-refractivity contribution in [2.24, 2.45) is 0 Å². The number of ether oxygens (including phenoxy) is 1. The Morgan fingerprint density at radius 1 is 1.00 bits per heavy atom. The van der Waals surface area contributed by atoms with Crippen molar-refractivity contribution in [3.05, 3.63) is 59.2 Å². The molecule has 138 valence electrons. The minimum Gasteiger partial charge on any atom is -0.449 e. The number of anilines is 1. The van der Waals surface area contributed by atoms with Crippen LogP contribution in [0.2, 0.25) is 0 Å². The summed E-state index contributed by atoms with van der Waals surface area (Å²) < 4.78 is 28.8. The fourth-order valence-corrected chi connectivity index (χ4v) is 3.35. The van der Waals surface area contributed by atoms with Crippen molar-refractivity contribution >= 4 is 27.4 Å². The summed E-state index contributed by atoms with van der Waals surface area (Å²) in [5.74, 6) is -1.36. The molecular weight excluding hydrogens is 354 g/mol. The second kappa shape index (κ2) is 7.70. The number of carbonyl (C=O) groups is 2. The van der Waals surface area contributed by atoms with Crippen LogP contribution in [-0.2, 0) is 19.4 Å². The SMILES string of the molecule is Cc1cccc(C)c1NC(=O)[C@H](C)OC(=O)c1ccccc1S(C)(=O)=O. The largest absolute Gasteiger partial charge is 0.449 e. The van der Waals surface area contributed by atoms with E-state index in [1.54, 1.807) is 0 Å². The molecule has 0 unspecified atom stereocenters. The number of para-hydroxylation sites is 1. The first-order valence-electron chi connectivity index (χ1n) is 7.98. The van der Waals surface area contributed by atoms with Crippen LogP contribution in [0.4, 0.5) is 5.69 Å². The maximum atomic E-state index is 12.4. The van der Waals surface area contributed by atoms with Crippen LogP contribution in [0.15, 0.2) is 47.4 Å². The maximum absolute atomic E-state index is 12.4. The third-order valence-electron chi connectivity index (χ3n) is 3.89. The second-order valence-corrected chi connectivity index (χ2v) is 8.06. The van der Waals surface area contributed by atoms with Crippen molar-refractivity contribution in [2.75, 3.05) is 11.6 Å². The Morgan fingerprint density at radius 2 is 1.58 bits per heavy atom. The van der Waals surface area contributed by atoms with Gasteiger partial charge in [-0.05, 0) is 44.0 Å². The summed E-state index contributed by atoms with van der Waals surface area (Å²) in [5, 5.41) is 2.75. The third kappa shape index (κ3) is 4.49. The van der Waals surface area contributed by atoms with Crippen LogP contribution in [0.25, 0.3) is 0 Å². The number of hydrogen-bond donors (Lipinski definition) is 1. The normalized spacial score (nSPS) is 12.3. The number of benzene rings is 2. The standard InChI is InChI=1S/C19H21NO5S/c1-12-8-7-9-13(2)17(12)20-18(21)14(3)25-19(22)15-10-5-6-11-16(15)26(4,23)24/h5-11,14H,1-4H3,(H,20,21)/t14-/m0/s1. The molecular formula is C19H21NO5S. The van der Waals surface area contributed by atoms with Crippen LogP contribution < -0.4 is 5.32 Å². The van der Waals surface area contributed by atoms with Gasteiger partial charge in [-0.2, -0.15) is 0 Å². The van der Waals surface area contributed by atoms with Gasteiger partial charge in [-0.1, -0.05) is 30.3 Å². The van der Waals surface area contributed by atoms with Crippen molar-refractivity contribution in [3.8, 4) is 0 Å². The molecule has 2 aromatic rings. The van der Waals surface area contributed by atoms with Crippen molar-refractivity contribution in [1.29, 1.82) is 0 Å². The summed E-state index contributed by atoms with van der Waals surface area (Å²) in [6.07, 6.45) is -0.0786. The highest BCUT2D eigenvalue weighted by atomic mass is 32.2. The average Bonchev–Trinajstić information content (AvgIpc) is 2.57. The van der Waals surface area contributed by atoms with Crippen LogP contribution in [-0.4, -0.2) is 32.7 Å². The molecule has 2 aromatic carbocycles. The Morgan fingerprint density at radius 3 is 2.15 bits per heavy atom. The fraction of sp³-hybridized carbons (Fsp3) is 0.263. The topological polar surface area (TPSA) is 89.5 Å². The van der Waals surface area contributed by atoms with Gasteiger partial charge in [-0.25, -0.2) is 13.2 Å². The predicted octanol–water partition coefficient (Wildman–Crippen LogP) is 2.89. The Labute approximate surface area is 153 Å². The van der Waals surface area contributed by atoms with E-state index in [9.17, 15) is 18.0 Å². The maximum Gasteiger partial charge on any atom is 0.340 e. The summed E-state index contributed by atoms with van der Waals surface area (Å²) in [4.78, 5) is 24.6. The first-order valence-corrected chi connectivity index (χ1v) is 9.87. The summed E-state index contributed by atoms with van der Waals surface area (Å²) >= 11 is 0. The van der Waals surface area contributed by atoms with Crippen LogP contribution in [0.3, 0.4) is 0 Å². The number of aryl methyl sites for hydroxylation is 2. The molecule has 0 aliphatic rings. The molecule has 2 rings (SSSR count). The highest BCUT2D eigenvalue weighted by Gasteiger charge is 2.24. The first kappa shape index (κ1) is 19.7. The van der Waals surface area contributed by atoms with Crippen molar-refractivity contribution in [2.45, 2.75) is 31.8 Å². The van der Waals surface area contributed by atoms with Gasteiger partial charge in [0.1, 0.15) is 0 Å². The number of rotatable bonds is 5. The van der Waals surface area contributed by atoms with E-state index in [1.807, 2.05) is 32.0 Å². The van der Waals surface area contributed by atoms with Gasteiger partial charge in [0.15, 0.2) is 15.9 Å². The third-order valence-corrected chi connectivity index (χ3v) is 5.04. The highest BCUT2D eigenvalue weighted by Crippen LogP contribution is 2.21. The Bertz CT molecular complexity index is 930. The molecule has 0 aliphatic heterocycles. The molecule has 0 bridgehead atoms. The first-order chi connectivity index (χ1) is 12.1. The second-order valence-electron chi connectivity index (χ2n) is 6.07. The number of hydrogen-bond acceptors (Lipinski definition) is 5. The quantitative estimate of drug-likeness (QED) is 0.812. The lowest BCUT2D eigenvalue weighted by molar-refractivity contribution is -0.123. The summed E-state index contributed by atoms with van der Waals surface area (Å²) in [6, 6.07) is 11.3. The molecule has 0 saturated heterocycles. The van der Waals surface area contributed by atoms with Gasteiger partial charge in [-0.15, -0.1) is 0 Å². The molecule has 26 heavy (non-hydrogen) atoms. The lowest BCUT2D eigenvalue weighted by Crippen LogP contribution is -2.30. The van der Waals surface area contributed by atoms with Gasteiger partial charge in [0, 0.05) is 11.9 Å². The molecule has 0 saturated carbocycles. The van der Waals surface area contributed by atoms with Crippen LogP contribution in [0.5, 0.6) is 0 Å². The highest BCUT2D eigenvalue weighted by molar-refractivity contribution is 7.90. The fourth-order valence-electron chi connectivity index (χ4n) is 2.47. The van der Waals surface area contributed by atoms with E-state index < -0.39 is 27.8 Å². The number of carbonyl (C=O) groups excluding carboxylic acids is 2. The predicted molar refractivity (Wildman–Crippen MR) is 99.0 cm³/mol. The van der Waals surface area contributed by atoms with Crippen LogP contribution >= 0.6 is 0 Å². The van der Waals surface area contributed by atoms with Gasteiger partial charge < -0.3 is 10.1 Å². The molecule has 7 heteroatoms. The number of amides is 1. The zero-order valence-electron chi connectivity index (χ0n) is 15.1. The van der Waals surface area contributed by atoms with E-state index >= 15 is 0 Å². The monoisotopic (exact) mass is 375 g/mol. The number of sulfone groups is 1. The molecule has 1 atom stereocenters. The van der Waals surface area contributed by atoms with E-state index in [1.165, 1.54) is 31.2 Å². The zero-order valence-corrected chi connectivity index (χ0v) is 15.9. The van der Waals surface area contributed by atoms with Gasteiger partial charge >= 0.3 is 5.97 Å². The van der Waals surface area contributed by atoms with Gasteiger partial charge in [0.2, 0.25) is 0 Å². The van der Waals surface area contributed by atoms with Crippen LogP contribution in [0, 0.1) is 13.8 Å². The lowest BCUT2D eigenvalue weighted by atomic mass is 10.1. The Hall–Kier alpha value is -2.67. The smallest absolute Gasteiger partial charge is 0.340 e. The number of esters is 1. The Kier molecular flexibility index (Phi) is 5.82. The van der Waals surface area contributed by atoms with Gasteiger partial charge in [0.05, 0.1) is 10.5 Å². The van der Waals surface area contributed by atoms with Crippen molar-refractivity contribution in [1.82, 2.24) is 0 Å². The van der Waals surface area contributed by atoms with Crippen molar-refractivity contribution < 1.29 is 22.7 Å². The molecule has 0 spiro atoms. The molecule has 0 aliphatic carbocycles. The van der Waals surface area contributed by atoms with E-state index in [2.05, 4.69) is 5.32 Å². The molecule has 1 N–H and O–H groups in total. The van der Waals surface area contributed by atoms with E-state index in [0.717, 1.165) is 17.4 Å². The molecule has 0 heterocycles. The molecule has 1 amide bonds. The molecule has 6 nitrogen and oxygen atoms in total. The molecule has 0 fully saturated rings. The summed E-state index contributed by atoms with van der Waals surface area (Å²) in [6.45, 7) is 5.16. The summed E-state index contributed by atoms with van der Waals surface area (Å²) in [7, 11) is -3.60. The minimum absolute atomic E-state index is 0.0956. The lowest BCUT2D eigenvalue weighted by Gasteiger charge is -2.17. The van der Waals surface area contributed by atoms with Crippen molar-refractivity contribution in [3.63, 3.8) is 0 Å². The Balaban J connectivity index is 2.16. The molecule has 0 radical (unpaired) electrons. The van der Waals surface area contributed by atoms with Gasteiger partial charge in [0.25, 0.3) is 5.91 Å². The van der Waals surface area contributed by atoms with Gasteiger partial charge in [-0.3, -0.25) is 4.79 Å². The summed E-state index contributed by atoms with van der Waals surface area (Å²) in [5.41, 5.74) is 2.34. The van der Waals surface area contributed by atoms with Crippen LogP contribution in [0.1, 0.15) is 28.4 Å². The number of nitrogens with one attached hydrogen (secondary N) is 1.